The van der Waals surface area contributed by atoms with Crippen molar-refractivity contribution in [2.75, 3.05) is 18.0 Å². The number of benzene rings is 2. The number of aromatic nitrogens is 2. The maximum atomic E-state index is 13.7. The molecule has 140 valence electrons. The first-order valence-corrected chi connectivity index (χ1v) is 9.31. The van der Waals surface area contributed by atoms with Gasteiger partial charge in [-0.25, -0.2) is 9.37 Å². The Labute approximate surface area is 157 Å². The van der Waals surface area contributed by atoms with Gasteiger partial charge in [-0.1, -0.05) is 30.3 Å². The van der Waals surface area contributed by atoms with Gasteiger partial charge in [-0.05, 0) is 31.0 Å². The summed E-state index contributed by atoms with van der Waals surface area (Å²) in [6.45, 7) is 1.73. The summed E-state index contributed by atoms with van der Waals surface area (Å²) >= 11 is 0. The SMILES string of the molecule is Cn1c(N2CCCC(C(=O)NCc3ccccc3F)C2)nc2ccccc21. The number of hydrogen-bond donors (Lipinski definition) is 1. The standard InChI is InChI=1S/C21H23FN4O/c1-25-19-11-5-4-10-18(19)24-21(25)26-12-6-8-16(14-26)20(27)23-13-15-7-2-3-9-17(15)22/h2-5,7,9-11,16H,6,8,12-14H2,1H3,(H,23,27). The van der Waals surface area contributed by atoms with Gasteiger partial charge >= 0.3 is 0 Å². The molecule has 0 aliphatic carbocycles. The Hall–Kier alpha value is -2.89. The van der Waals surface area contributed by atoms with Crippen LogP contribution in [0.3, 0.4) is 0 Å². The number of fused-ring (bicyclic) bond motifs is 1. The summed E-state index contributed by atoms with van der Waals surface area (Å²) in [5, 5.41) is 2.89. The second-order valence-electron chi connectivity index (χ2n) is 7.05. The van der Waals surface area contributed by atoms with E-state index in [0.717, 1.165) is 36.4 Å². The smallest absolute Gasteiger partial charge is 0.225 e. The van der Waals surface area contributed by atoms with Crippen LogP contribution in [0.4, 0.5) is 10.3 Å². The van der Waals surface area contributed by atoms with Crippen molar-refractivity contribution in [3.63, 3.8) is 0 Å². The van der Waals surface area contributed by atoms with Crippen molar-refractivity contribution in [3.8, 4) is 0 Å². The van der Waals surface area contributed by atoms with Crippen LogP contribution in [-0.4, -0.2) is 28.5 Å². The van der Waals surface area contributed by atoms with Gasteiger partial charge in [0.05, 0.1) is 17.0 Å². The van der Waals surface area contributed by atoms with Crippen LogP contribution in [0.25, 0.3) is 11.0 Å². The second kappa shape index (κ2) is 7.39. The van der Waals surface area contributed by atoms with Gasteiger partial charge in [-0.2, -0.15) is 0 Å². The lowest BCUT2D eigenvalue weighted by atomic mass is 9.97. The van der Waals surface area contributed by atoms with Crippen molar-refractivity contribution in [1.82, 2.24) is 14.9 Å². The summed E-state index contributed by atoms with van der Waals surface area (Å²) in [4.78, 5) is 19.5. The summed E-state index contributed by atoms with van der Waals surface area (Å²) in [6.07, 6.45) is 1.77. The minimum Gasteiger partial charge on any atom is -0.352 e. The highest BCUT2D eigenvalue weighted by Gasteiger charge is 2.28. The fourth-order valence-corrected chi connectivity index (χ4v) is 3.76. The van der Waals surface area contributed by atoms with Crippen molar-refractivity contribution in [2.24, 2.45) is 13.0 Å². The van der Waals surface area contributed by atoms with Crippen LogP contribution in [0.15, 0.2) is 48.5 Å². The Bertz CT molecular complexity index is 968. The van der Waals surface area contributed by atoms with E-state index in [0.29, 0.717) is 12.1 Å². The highest BCUT2D eigenvalue weighted by Crippen LogP contribution is 2.26. The Morgan fingerprint density at radius 1 is 1.22 bits per heavy atom. The molecule has 6 heteroatoms. The van der Waals surface area contributed by atoms with Gasteiger partial charge in [0.15, 0.2) is 0 Å². The van der Waals surface area contributed by atoms with Gasteiger partial charge in [0.1, 0.15) is 5.82 Å². The van der Waals surface area contributed by atoms with Crippen LogP contribution in [0.2, 0.25) is 0 Å². The molecule has 1 saturated heterocycles. The number of amides is 1. The van der Waals surface area contributed by atoms with Crippen LogP contribution in [0.5, 0.6) is 0 Å². The number of carbonyl (C=O) groups is 1. The molecule has 0 saturated carbocycles. The van der Waals surface area contributed by atoms with Crippen LogP contribution >= 0.6 is 0 Å². The first-order chi connectivity index (χ1) is 13.1. The highest BCUT2D eigenvalue weighted by atomic mass is 19.1. The number of nitrogens with zero attached hydrogens (tertiary/aromatic N) is 3. The maximum absolute atomic E-state index is 13.7. The number of nitrogens with one attached hydrogen (secondary N) is 1. The number of anilines is 1. The molecular formula is C21H23FN4O. The summed E-state index contributed by atoms with van der Waals surface area (Å²) < 4.78 is 15.8. The molecule has 1 fully saturated rings. The van der Waals surface area contributed by atoms with Crippen LogP contribution in [0, 0.1) is 11.7 Å². The maximum Gasteiger partial charge on any atom is 0.225 e. The zero-order valence-electron chi connectivity index (χ0n) is 15.4. The minimum absolute atomic E-state index is 0.0262. The molecule has 2 heterocycles. The topological polar surface area (TPSA) is 50.2 Å². The molecule has 1 amide bonds. The minimum atomic E-state index is -0.289. The molecule has 0 spiro atoms. The lowest BCUT2D eigenvalue weighted by Crippen LogP contribution is -2.43. The molecule has 0 bridgehead atoms. The molecular weight excluding hydrogens is 343 g/mol. The van der Waals surface area contributed by atoms with Gasteiger partial charge in [0, 0.05) is 32.2 Å². The van der Waals surface area contributed by atoms with Gasteiger partial charge < -0.3 is 14.8 Å². The highest BCUT2D eigenvalue weighted by molar-refractivity contribution is 5.81. The second-order valence-corrected chi connectivity index (χ2v) is 7.05. The molecule has 1 aromatic heterocycles. The lowest BCUT2D eigenvalue weighted by molar-refractivity contribution is -0.125. The van der Waals surface area contributed by atoms with E-state index in [1.807, 2.05) is 31.3 Å². The largest absolute Gasteiger partial charge is 0.352 e. The van der Waals surface area contributed by atoms with Gasteiger partial charge in [-0.15, -0.1) is 0 Å². The van der Waals surface area contributed by atoms with E-state index in [4.69, 9.17) is 4.98 Å². The number of rotatable bonds is 4. The summed E-state index contributed by atoms with van der Waals surface area (Å²) in [7, 11) is 2.01. The Morgan fingerprint density at radius 3 is 2.81 bits per heavy atom. The first-order valence-electron chi connectivity index (χ1n) is 9.31. The van der Waals surface area contributed by atoms with Gasteiger partial charge in [0.2, 0.25) is 11.9 Å². The molecule has 4 rings (SSSR count). The zero-order chi connectivity index (χ0) is 18.8. The van der Waals surface area contributed by atoms with E-state index >= 15 is 0 Å². The molecule has 3 aromatic rings. The lowest BCUT2D eigenvalue weighted by Gasteiger charge is -2.32. The number of para-hydroxylation sites is 2. The third-order valence-electron chi connectivity index (χ3n) is 5.25. The van der Waals surface area contributed by atoms with E-state index in [2.05, 4.69) is 14.8 Å². The average molecular weight is 366 g/mol. The van der Waals surface area contributed by atoms with Gasteiger partial charge in [0.25, 0.3) is 0 Å². The Balaban J connectivity index is 1.45. The molecule has 0 radical (unpaired) electrons. The predicted octanol–water partition coefficient (Wildman–Crippen LogP) is 3.25. The van der Waals surface area contributed by atoms with Crippen molar-refractivity contribution in [3.05, 3.63) is 59.9 Å². The normalized spacial score (nSPS) is 17.3. The Kier molecular flexibility index (Phi) is 4.79. The summed E-state index contributed by atoms with van der Waals surface area (Å²) in [5.41, 5.74) is 2.55. The monoisotopic (exact) mass is 366 g/mol. The predicted molar refractivity (Wildman–Crippen MR) is 104 cm³/mol. The van der Waals surface area contributed by atoms with Crippen LogP contribution < -0.4 is 10.2 Å². The number of imidazole rings is 1. The van der Waals surface area contributed by atoms with Gasteiger partial charge in [-0.3, -0.25) is 4.79 Å². The van der Waals surface area contributed by atoms with E-state index in [-0.39, 0.29) is 24.2 Å². The molecule has 1 aliphatic heterocycles. The van der Waals surface area contributed by atoms with Crippen molar-refractivity contribution < 1.29 is 9.18 Å². The van der Waals surface area contributed by atoms with Crippen molar-refractivity contribution in [1.29, 1.82) is 0 Å². The fraction of sp³-hybridized carbons (Fsp3) is 0.333. The molecule has 5 nitrogen and oxygen atoms in total. The average Bonchev–Trinajstić information content (AvgIpc) is 3.04. The number of aryl methyl sites for hydroxylation is 1. The zero-order valence-corrected chi connectivity index (χ0v) is 15.4. The number of carbonyl (C=O) groups excluding carboxylic acids is 1. The van der Waals surface area contributed by atoms with Crippen LogP contribution in [-0.2, 0) is 18.4 Å². The molecule has 1 aliphatic rings. The fourth-order valence-electron chi connectivity index (χ4n) is 3.76. The van der Waals surface area contributed by atoms with E-state index in [1.165, 1.54) is 6.07 Å². The third kappa shape index (κ3) is 3.52. The van der Waals surface area contributed by atoms with E-state index in [9.17, 15) is 9.18 Å². The van der Waals surface area contributed by atoms with Crippen molar-refractivity contribution in [2.45, 2.75) is 19.4 Å². The molecule has 1 N–H and O–H groups in total. The van der Waals surface area contributed by atoms with Crippen LogP contribution in [0.1, 0.15) is 18.4 Å². The summed E-state index contributed by atoms with van der Waals surface area (Å²) in [6, 6.07) is 14.6. The molecule has 1 unspecified atom stereocenters. The van der Waals surface area contributed by atoms with E-state index < -0.39 is 0 Å². The van der Waals surface area contributed by atoms with Crippen molar-refractivity contribution >= 4 is 22.9 Å². The molecule has 2 aromatic carbocycles. The number of halogens is 1. The van der Waals surface area contributed by atoms with E-state index in [1.54, 1.807) is 18.2 Å². The Morgan fingerprint density at radius 2 is 2.00 bits per heavy atom. The third-order valence-corrected chi connectivity index (χ3v) is 5.25. The molecule has 1 atom stereocenters. The quantitative estimate of drug-likeness (QED) is 0.771. The summed E-state index contributed by atoms with van der Waals surface area (Å²) in [5.74, 6) is 0.456. The number of hydrogen-bond acceptors (Lipinski definition) is 3. The number of piperidine rings is 1. The molecule has 27 heavy (non-hydrogen) atoms. The first kappa shape index (κ1) is 17.5.